The highest BCUT2D eigenvalue weighted by Gasteiger charge is 2.17. The number of ether oxygens (including phenoxy) is 1. The molecule has 8 nitrogen and oxygen atoms in total. The summed E-state index contributed by atoms with van der Waals surface area (Å²) in [6, 6.07) is 5.59. The van der Waals surface area contributed by atoms with Gasteiger partial charge < -0.3 is 15.0 Å². The zero-order chi connectivity index (χ0) is 19.1. The van der Waals surface area contributed by atoms with Crippen LogP contribution in [0.5, 0.6) is 0 Å². The standard InChI is InChI=1S/C16H17N5O3S2/c1-3-21-15(13-5-4-6-25-13)19-20-16(21)26-9-14(23)24-8-12(22)11(7-17)10(2)18/h4-6H,3,8-9,18H2,1-2H3. The van der Waals surface area contributed by atoms with Gasteiger partial charge in [0.05, 0.1) is 10.6 Å². The van der Waals surface area contributed by atoms with E-state index in [1.165, 1.54) is 18.7 Å². The molecular formula is C16H17N5O3S2. The van der Waals surface area contributed by atoms with Gasteiger partial charge in [-0.05, 0) is 25.3 Å². The summed E-state index contributed by atoms with van der Waals surface area (Å²) in [6.07, 6.45) is 0. The molecule has 136 valence electrons. The number of esters is 1. The second-order valence-electron chi connectivity index (χ2n) is 5.07. The van der Waals surface area contributed by atoms with E-state index >= 15 is 0 Å². The predicted molar refractivity (Wildman–Crippen MR) is 98.2 cm³/mol. The second kappa shape index (κ2) is 9.17. The highest BCUT2D eigenvalue weighted by molar-refractivity contribution is 7.99. The van der Waals surface area contributed by atoms with Gasteiger partial charge in [0.15, 0.2) is 17.6 Å². The van der Waals surface area contributed by atoms with Crippen molar-refractivity contribution in [2.75, 3.05) is 12.4 Å². The minimum atomic E-state index is -0.623. The van der Waals surface area contributed by atoms with Crippen LogP contribution in [0.15, 0.2) is 33.9 Å². The molecule has 0 atom stereocenters. The van der Waals surface area contributed by atoms with Gasteiger partial charge in [-0.1, -0.05) is 17.8 Å². The second-order valence-corrected chi connectivity index (χ2v) is 6.96. The van der Waals surface area contributed by atoms with Gasteiger partial charge in [-0.15, -0.1) is 21.5 Å². The van der Waals surface area contributed by atoms with E-state index in [9.17, 15) is 9.59 Å². The first-order chi connectivity index (χ1) is 12.5. The van der Waals surface area contributed by atoms with E-state index < -0.39 is 18.4 Å². The predicted octanol–water partition coefficient (Wildman–Crippen LogP) is 1.99. The summed E-state index contributed by atoms with van der Waals surface area (Å²) < 4.78 is 6.81. The lowest BCUT2D eigenvalue weighted by molar-refractivity contribution is -0.144. The van der Waals surface area contributed by atoms with Crippen molar-refractivity contribution in [3.63, 3.8) is 0 Å². The number of carbonyl (C=O) groups excluding carboxylic acids is 2. The molecular weight excluding hydrogens is 374 g/mol. The van der Waals surface area contributed by atoms with Crippen LogP contribution in [-0.2, 0) is 20.9 Å². The third kappa shape index (κ3) is 4.71. The number of thioether (sulfide) groups is 1. The fourth-order valence-corrected chi connectivity index (χ4v) is 3.54. The van der Waals surface area contributed by atoms with Crippen LogP contribution in [0.1, 0.15) is 13.8 Å². The average Bonchev–Trinajstić information content (AvgIpc) is 3.27. The number of Topliss-reactive ketones (excluding diaryl/α,β-unsaturated/α-hetero) is 1. The van der Waals surface area contributed by atoms with Gasteiger partial charge in [0.2, 0.25) is 5.78 Å². The van der Waals surface area contributed by atoms with Gasteiger partial charge in [0, 0.05) is 12.2 Å². The first-order valence-electron chi connectivity index (χ1n) is 7.63. The summed E-state index contributed by atoms with van der Waals surface area (Å²) >= 11 is 2.74. The number of hydrogen-bond donors (Lipinski definition) is 1. The molecule has 0 saturated heterocycles. The Bertz CT molecular complexity index is 861. The Morgan fingerprint density at radius 2 is 2.23 bits per heavy atom. The summed E-state index contributed by atoms with van der Waals surface area (Å²) in [4.78, 5) is 24.6. The lowest BCUT2D eigenvalue weighted by Gasteiger charge is -2.06. The van der Waals surface area contributed by atoms with Crippen molar-refractivity contribution in [3.05, 3.63) is 28.8 Å². The van der Waals surface area contributed by atoms with Gasteiger partial charge in [-0.3, -0.25) is 9.59 Å². The molecule has 0 spiro atoms. The Balaban J connectivity index is 1.93. The first kappa shape index (κ1) is 19.7. The van der Waals surface area contributed by atoms with Gasteiger partial charge in [0.25, 0.3) is 0 Å². The van der Waals surface area contributed by atoms with E-state index in [1.807, 2.05) is 29.0 Å². The molecule has 2 rings (SSSR count). The van der Waals surface area contributed by atoms with Crippen LogP contribution in [0.3, 0.4) is 0 Å². The quantitative estimate of drug-likeness (QED) is 0.313. The normalized spacial score (nSPS) is 11.6. The number of aromatic nitrogens is 3. The largest absolute Gasteiger partial charge is 0.457 e. The summed E-state index contributed by atoms with van der Waals surface area (Å²) in [6.45, 7) is 3.54. The fourth-order valence-electron chi connectivity index (χ4n) is 2.02. The van der Waals surface area contributed by atoms with Crippen molar-refractivity contribution in [1.82, 2.24) is 14.8 Å². The van der Waals surface area contributed by atoms with Crippen molar-refractivity contribution < 1.29 is 14.3 Å². The third-order valence-corrected chi connectivity index (χ3v) is 5.05. The van der Waals surface area contributed by atoms with Crippen molar-refractivity contribution in [2.24, 2.45) is 5.73 Å². The van der Waals surface area contributed by atoms with Crippen molar-refractivity contribution in [3.8, 4) is 16.8 Å². The fraction of sp³-hybridized carbons (Fsp3) is 0.312. The molecule has 2 aromatic rings. The Hall–Kier alpha value is -2.64. The van der Waals surface area contributed by atoms with Gasteiger partial charge in [0.1, 0.15) is 11.6 Å². The highest BCUT2D eigenvalue weighted by Crippen LogP contribution is 2.27. The zero-order valence-corrected chi connectivity index (χ0v) is 15.9. The average molecular weight is 391 g/mol. The molecule has 2 heterocycles. The molecule has 0 radical (unpaired) electrons. The Labute approximate surface area is 158 Å². The molecule has 0 saturated carbocycles. The number of carbonyl (C=O) groups is 2. The van der Waals surface area contributed by atoms with E-state index in [-0.39, 0.29) is 17.0 Å². The number of ketones is 1. The highest BCUT2D eigenvalue weighted by atomic mass is 32.2. The van der Waals surface area contributed by atoms with Crippen LogP contribution in [0.4, 0.5) is 0 Å². The van der Waals surface area contributed by atoms with E-state index in [0.29, 0.717) is 11.7 Å². The maximum absolute atomic E-state index is 11.9. The molecule has 2 aromatic heterocycles. The maximum atomic E-state index is 11.9. The van der Waals surface area contributed by atoms with Crippen LogP contribution in [0.25, 0.3) is 10.7 Å². The van der Waals surface area contributed by atoms with Crippen LogP contribution >= 0.6 is 23.1 Å². The van der Waals surface area contributed by atoms with E-state index in [0.717, 1.165) is 10.7 Å². The number of allylic oxidation sites excluding steroid dienone is 1. The zero-order valence-electron chi connectivity index (χ0n) is 14.3. The summed E-state index contributed by atoms with van der Waals surface area (Å²) in [7, 11) is 0. The molecule has 0 aliphatic heterocycles. The van der Waals surface area contributed by atoms with E-state index in [2.05, 4.69) is 10.2 Å². The third-order valence-electron chi connectivity index (χ3n) is 3.24. The SMILES string of the molecule is CCn1c(SCC(=O)OCC(=O)C(C#N)=C(C)N)nnc1-c1cccs1. The molecule has 0 aliphatic rings. The van der Waals surface area contributed by atoms with Crippen LogP contribution in [0, 0.1) is 11.3 Å². The van der Waals surface area contributed by atoms with E-state index in [1.54, 1.807) is 17.4 Å². The Kier molecular flexibility index (Phi) is 6.94. The molecule has 26 heavy (non-hydrogen) atoms. The molecule has 0 aliphatic carbocycles. The lowest BCUT2D eigenvalue weighted by atomic mass is 10.1. The smallest absolute Gasteiger partial charge is 0.316 e. The molecule has 0 amide bonds. The summed E-state index contributed by atoms with van der Waals surface area (Å²) in [5.41, 5.74) is 5.34. The number of nitrogens with two attached hydrogens (primary N) is 1. The van der Waals surface area contributed by atoms with Gasteiger partial charge >= 0.3 is 5.97 Å². The monoisotopic (exact) mass is 391 g/mol. The van der Waals surface area contributed by atoms with Crippen LogP contribution in [0.2, 0.25) is 0 Å². The Morgan fingerprint density at radius 3 is 2.81 bits per heavy atom. The van der Waals surface area contributed by atoms with Gasteiger partial charge in [-0.2, -0.15) is 5.26 Å². The summed E-state index contributed by atoms with van der Waals surface area (Å²) in [5, 5.41) is 19.7. The molecule has 0 bridgehead atoms. The molecule has 0 unspecified atom stereocenters. The number of hydrogen-bond acceptors (Lipinski definition) is 9. The van der Waals surface area contributed by atoms with E-state index in [4.69, 9.17) is 15.7 Å². The molecule has 0 aromatic carbocycles. The van der Waals surface area contributed by atoms with Crippen LogP contribution < -0.4 is 5.73 Å². The summed E-state index contributed by atoms with van der Waals surface area (Å²) in [5.74, 6) is -0.486. The minimum Gasteiger partial charge on any atom is -0.457 e. The first-order valence-corrected chi connectivity index (χ1v) is 9.49. The van der Waals surface area contributed by atoms with Crippen molar-refractivity contribution >= 4 is 34.9 Å². The topological polar surface area (TPSA) is 124 Å². The Morgan fingerprint density at radius 1 is 1.46 bits per heavy atom. The molecule has 0 fully saturated rings. The molecule has 10 heteroatoms. The van der Waals surface area contributed by atoms with Crippen molar-refractivity contribution in [1.29, 1.82) is 5.26 Å². The van der Waals surface area contributed by atoms with Gasteiger partial charge in [-0.25, -0.2) is 0 Å². The molecule has 2 N–H and O–H groups in total. The number of thiophene rings is 1. The number of rotatable bonds is 8. The maximum Gasteiger partial charge on any atom is 0.316 e. The van der Waals surface area contributed by atoms with Crippen LogP contribution in [-0.4, -0.2) is 38.9 Å². The lowest BCUT2D eigenvalue weighted by Crippen LogP contribution is -2.18. The minimum absolute atomic E-state index is 0.0247. The van der Waals surface area contributed by atoms with Crippen molar-refractivity contribution in [2.45, 2.75) is 25.5 Å². The number of nitrogens with zero attached hydrogens (tertiary/aromatic N) is 4. The number of nitriles is 1.